The van der Waals surface area contributed by atoms with E-state index in [0.717, 1.165) is 46.1 Å². The molecule has 0 bridgehead atoms. The van der Waals surface area contributed by atoms with Crippen LogP contribution in [0.1, 0.15) is 48.8 Å². The monoisotopic (exact) mass is 448 g/mol. The van der Waals surface area contributed by atoms with Gasteiger partial charge in [0.25, 0.3) is 0 Å². The molecule has 0 amide bonds. The molecule has 0 saturated heterocycles. The zero-order valence-electron chi connectivity index (χ0n) is 20.0. The number of rotatable bonds is 6. The molecule has 0 radical (unpaired) electrons. The highest BCUT2D eigenvalue weighted by Gasteiger charge is 2.36. The van der Waals surface area contributed by atoms with E-state index >= 15 is 0 Å². The molecule has 6 rings (SSSR count). The largest absolute Gasteiger partial charge is 0.333 e. The topological polar surface area (TPSA) is 85.8 Å². The van der Waals surface area contributed by atoms with Gasteiger partial charge in [0.2, 0.25) is 0 Å². The number of hydrogen-bond acceptors (Lipinski definition) is 6. The maximum Gasteiger partial charge on any atom is 0.166 e. The number of nitrogens with one attached hydrogen (secondary N) is 1. The van der Waals surface area contributed by atoms with Crippen molar-refractivity contribution in [2.75, 3.05) is 12.4 Å². The minimum Gasteiger partial charge on any atom is -0.333 e. The Bertz CT molecular complexity index is 1290. The molecule has 0 unspecified atom stereocenters. The van der Waals surface area contributed by atoms with E-state index in [0.29, 0.717) is 23.9 Å². The molecule has 9 heteroatoms. The van der Waals surface area contributed by atoms with Crippen LogP contribution in [0.3, 0.4) is 0 Å². The molecular formula is C24H32N8O. The number of carbonyl (C=O) groups excluding carboxylic acids is 1. The van der Waals surface area contributed by atoms with Crippen LogP contribution in [-0.4, -0.2) is 59.2 Å². The lowest BCUT2D eigenvalue weighted by Crippen LogP contribution is -2.22. The lowest BCUT2D eigenvalue weighted by atomic mass is 10.2. The van der Waals surface area contributed by atoms with Gasteiger partial charge >= 0.3 is 0 Å². The number of aryl methyl sites for hydroxylation is 4. The van der Waals surface area contributed by atoms with E-state index in [4.69, 9.17) is 4.98 Å². The summed E-state index contributed by atoms with van der Waals surface area (Å²) in [7, 11) is 6.11. The summed E-state index contributed by atoms with van der Waals surface area (Å²) in [5.74, 6) is 1.34. The highest BCUT2D eigenvalue weighted by molar-refractivity contribution is 6.08. The summed E-state index contributed by atoms with van der Waals surface area (Å²) in [6.45, 7) is 4.65. The molecule has 2 saturated carbocycles. The van der Waals surface area contributed by atoms with Crippen molar-refractivity contribution in [1.29, 1.82) is 0 Å². The van der Waals surface area contributed by atoms with Gasteiger partial charge in [-0.1, -0.05) is 0 Å². The van der Waals surface area contributed by atoms with Crippen LogP contribution in [-0.2, 0) is 20.6 Å². The van der Waals surface area contributed by atoms with Crippen LogP contribution in [0.15, 0.2) is 18.5 Å². The van der Waals surface area contributed by atoms with Crippen LogP contribution >= 0.6 is 0 Å². The van der Waals surface area contributed by atoms with Crippen molar-refractivity contribution in [1.82, 2.24) is 33.8 Å². The Hall–Kier alpha value is -3.20. The fraction of sp³-hybridized carbons (Fsp3) is 0.500. The van der Waals surface area contributed by atoms with E-state index in [2.05, 4.69) is 27.3 Å². The van der Waals surface area contributed by atoms with Gasteiger partial charge in [-0.2, -0.15) is 5.10 Å². The second-order valence-electron chi connectivity index (χ2n) is 9.23. The van der Waals surface area contributed by atoms with E-state index in [1.54, 1.807) is 11.0 Å². The number of nitrogens with zero attached hydrogens (tertiary/aromatic N) is 7. The van der Waals surface area contributed by atoms with Crippen molar-refractivity contribution in [2.45, 2.75) is 58.2 Å². The van der Waals surface area contributed by atoms with Crippen molar-refractivity contribution in [2.24, 2.45) is 14.1 Å². The zero-order chi connectivity index (χ0) is 23.3. The minimum absolute atomic E-state index is 0.610. The van der Waals surface area contributed by atoms with Gasteiger partial charge in [0, 0.05) is 49.9 Å². The molecule has 0 atom stereocenters. The van der Waals surface area contributed by atoms with Gasteiger partial charge in [-0.15, -0.1) is 0 Å². The smallest absolute Gasteiger partial charge is 0.166 e. The van der Waals surface area contributed by atoms with E-state index < -0.39 is 0 Å². The van der Waals surface area contributed by atoms with Crippen LogP contribution in [0, 0.1) is 6.92 Å². The number of fused-ring (bicyclic) bond motifs is 3. The van der Waals surface area contributed by atoms with Crippen molar-refractivity contribution in [3.05, 3.63) is 29.8 Å². The average molecular weight is 449 g/mol. The third-order valence-electron chi connectivity index (χ3n) is 6.78. The summed E-state index contributed by atoms with van der Waals surface area (Å²) in [6, 6.07) is 5.80. The van der Waals surface area contributed by atoms with Gasteiger partial charge in [0.1, 0.15) is 11.2 Å². The van der Waals surface area contributed by atoms with E-state index in [1.165, 1.54) is 25.7 Å². The molecule has 9 nitrogen and oxygen atoms in total. The number of hydrogen-bond donors (Lipinski definition) is 1. The minimum atomic E-state index is 0.610. The number of carbonyl (C=O) groups is 1. The van der Waals surface area contributed by atoms with Crippen molar-refractivity contribution < 1.29 is 4.79 Å². The van der Waals surface area contributed by atoms with Gasteiger partial charge in [-0.25, -0.2) is 9.97 Å². The second-order valence-corrected chi connectivity index (χ2v) is 9.23. The maximum atomic E-state index is 11.4. The molecule has 2 aliphatic carbocycles. The summed E-state index contributed by atoms with van der Waals surface area (Å²) in [6.07, 6.45) is 8.48. The molecule has 1 N–H and O–H groups in total. The first-order valence-electron chi connectivity index (χ1n) is 11.7. The molecule has 0 spiro atoms. The Morgan fingerprint density at radius 3 is 2.42 bits per heavy atom. The summed E-state index contributed by atoms with van der Waals surface area (Å²) in [4.78, 5) is 23.2. The highest BCUT2D eigenvalue weighted by Crippen LogP contribution is 2.35. The van der Waals surface area contributed by atoms with Crippen LogP contribution < -0.4 is 5.32 Å². The molecule has 0 aromatic carbocycles. The number of anilines is 2. The van der Waals surface area contributed by atoms with Gasteiger partial charge in [0.05, 0.1) is 17.5 Å². The molecule has 2 fully saturated rings. The summed E-state index contributed by atoms with van der Waals surface area (Å²) in [5, 5.41) is 8.62. The van der Waals surface area contributed by atoms with Crippen LogP contribution in [0.5, 0.6) is 0 Å². The fourth-order valence-electron chi connectivity index (χ4n) is 4.45. The zero-order valence-corrected chi connectivity index (χ0v) is 20.0. The Labute approximate surface area is 193 Å². The molecule has 0 aliphatic heterocycles. The van der Waals surface area contributed by atoms with Crippen LogP contribution in [0.2, 0.25) is 0 Å². The van der Waals surface area contributed by atoms with E-state index in [1.807, 2.05) is 49.2 Å². The number of pyridine rings is 1. The molecule has 4 aromatic rings. The normalized spacial score (nSPS) is 15.8. The molecule has 2 aliphatic rings. The molecular weight excluding hydrogens is 416 g/mol. The average Bonchev–Trinajstić information content (AvgIpc) is 3.72. The third-order valence-corrected chi connectivity index (χ3v) is 6.78. The first kappa shape index (κ1) is 21.6. The molecule has 4 heterocycles. The first-order valence-corrected chi connectivity index (χ1v) is 11.7. The van der Waals surface area contributed by atoms with Crippen molar-refractivity contribution in [3.63, 3.8) is 0 Å². The summed E-state index contributed by atoms with van der Waals surface area (Å²) < 4.78 is 5.65. The van der Waals surface area contributed by atoms with Crippen molar-refractivity contribution >= 4 is 40.0 Å². The Balaban J connectivity index is 0.000000238. The van der Waals surface area contributed by atoms with Gasteiger partial charge in [-0.05, 0) is 52.6 Å². The standard InChI is InChI=1S/C17H19N7O.C7H13N/c1-5-24-11(8-25)7-12-15-14(18-9-22(15)3)16(20-17(12)24)19-13-6-10(2)23(4)21-13;1-8(6-2-3-6)7-4-5-7/h6-9H,5H2,1-4H3,(H,19,20,21);6-7H,2-5H2,1H3. The Morgan fingerprint density at radius 1 is 1.18 bits per heavy atom. The first-order chi connectivity index (χ1) is 15.9. The predicted octanol–water partition coefficient (Wildman–Crippen LogP) is 3.78. The quantitative estimate of drug-likeness (QED) is 0.452. The molecule has 33 heavy (non-hydrogen) atoms. The van der Waals surface area contributed by atoms with Crippen LogP contribution in [0.4, 0.5) is 11.6 Å². The number of aromatic nitrogens is 6. The third kappa shape index (κ3) is 4.01. The number of aldehydes is 1. The Morgan fingerprint density at radius 2 is 1.88 bits per heavy atom. The second kappa shape index (κ2) is 8.30. The van der Waals surface area contributed by atoms with Crippen LogP contribution in [0.25, 0.3) is 22.1 Å². The van der Waals surface area contributed by atoms with E-state index in [9.17, 15) is 4.79 Å². The fourth-order valence-corrected chi connectivity index (χ4v) is 4.45. The summed E-state index contributed by atoms with van der Waals surface area (Å²) in [5.41, 5.74) is 4.11. The van der Waals surface area contributed by atoms with Gasteiger partial charge < -0.3 is 19.4 Å². The van der Waals surface area contributed by atoms with E-state index in [-0.39, 0.29) is 0 Å². The molecule has 174 valence electrons. The number of imidazole rings is 1. The maximum absolute atomic E-state index is 11.4. The lowest BCUT2D eigenvalue weighted by molar-refractivity contribution is 0.111. The van der Waals surface area contributed by atoms with Crippen molar-refractivity contribution in [3.8, 4) is 0 Å². The van der Waals surface area contributed by atoms with Gasteiger partial charge in [-0.3, -0.25) is 9.48 Å². The summed E-state index contributed by atoms with van der Waals surface area (Å²) >= 11 is 0. The SMILES string of the molecule is CCn1c(C=O)cc2c3c(ncn3C)c(Nc3cc(C)n(C)n3)nc21.CN(C1CC1)C1CC1. The Kier molecular flexibility index (Phi) is 5.44. The highest BCUT2D eigenvalue weighted by atomic mass is 16.1. The lowest BCUT2D eigenvalue weighted by Gasteiger charge is -2.12. The molecule has 4 aromatic heterocycles. The predicted molar refractivity (Wildman–Crippen MR) is 130 cm³/mol. The van der Waals surface area contributed by atoms with Gasteiger partial charge in [0.15, 0.2) is 17.9 Å².